The van der Waals surface area contributed by atoms with E-state index in [1.807, 2.05) is 30.3 Å². The molecule has 0 aliphatic rings. The quantitative estimate of drug-likeness (QED) is 0.661. The monoisotopic (exact) mass is 374 g/mol. The number of rotatable bonds is 9. The molecule has 0 radical (unpaired) electrons. The molecule has 0 saturated heterocycles. The summed E-state index contributed by atoms with van der Waals surface area (Å²) in [5.74, 6) is -0.439. The van der Waals surface area contributed by atoms with Gasteiger partial charge >= 0.3 is 0 Å². The summed E-state index contributed by atoms with van der Waals surface area (Å²) >= 11 is 6.10. The number of amides is 2. The molecule has 138 valence electrons. The first kappa shape index (κ1) is 19.9. The molecular formula is C20H23ClN2O3. The average molecular weight is 375 g/mol. The Balaban J connectivity index is 2.06. The molecule has 0 aliphatic heterocycles. The summed E-state index contributed by atoms with van der Waals surface area (Å²) in [7, 11) is 1.62. The predicted octanol–water partition coefficient (Wildman–Crippen LogP) is 3.35. The summed E-state index contributed by atoms with van der Waals surface area (Å²) < 4.78 is 4.97. The summed E-state index contributed by atoms with van der Waals surface area (Å²) in [5, 5.41) is 6.14. The van der Waals surface area contributed by atoms with Crippen LogP contribution in [0.2, 0.25) is 5.02 Å². The van der Waals surface area contributed by atoms with Crippen LogP contribution in [0.1, 0.15) is 34.8 Å². The Morgan fingerprint density at radius 1 is 1.08 bits per heavy atom. The number of ether oxygens (including phenoxy) is 1. The van der Waals surface area contributed by atoms with Crippen LogP contribution in [-0.2, 0) is 9.53 Å². The molecule has 0 heterocycles. The fraction of sp³-hybridized carbons (Fsp3) is 0.300. The SMILES string of the molecule is COCCCNC(=O)C[C@@H](NC(=O)c1ccccc1Cl)c1ccccc1. The van der Waals surface area contributed by atoms with Gasteiger partial charge in [0.05, 0.1) is 23.0 Å². The molecule has 2 rings (SSSR count). The van der Waals surface area contributed by atoms with Gasteiger partial charge in [-0.1, -0.05) is 54.1 Å². The van der Waals surface area contributed by atoms with Crippen LogP contribution in [-0.4, -0.2) is 32.1 Å². The predicted molar refractivity (Wildman–Crippen MR) is 102 cm³/mol. The number of nitrogens with one attached hydrogen (secondary N) is 2. The molecule has 2 aromatic rings. The first-order valence-electron chi connectivity index (χ1n) is 8.47. The van der Waals surface area contributed by atoms with Gasteiger partial charge in [0, 0.05) is 20.3 Å². The van der Waals surface area contributed by atoms with Crippen molar-refractivity contribution in [3.63, 3.8) is 0 Å². The van der Waals surface area contributed by atoms with E-state index < -0.39 is 6.04 Å². The lowest BCUT2D eigenvalue weighted by molar-refractivity contribution is -0.121. The smallest absolute Gasteiger partial charge is 0.253 e. The third kappa shape index (κ3) is 6.17. The average Bonchev–Trinajstić information content (AvgIpc) is 2.65. The van der Waals surface area contributed by atoms with E-state index in [1.54, 1.807) is 31.4 Å². The second-order valence-electron chi connectivity index (χ2n) is 5.82. The van der Waals surface area contributed by atoms with Crippen LogP contribution >= 0.6 is 11.6 Å². The van der Waals surface area contributed by atoms with Gasteiger partial charge in [-0.15, -0.1) is 0 Å². The van der Waals surface area contributed by atoms with Crippen molar-refractivity contribution in [1.82, 2.24) is 10.6 Å². The minimum atomic E-state index is -0.442. The van der Waals surface area contributed by atoms with Crippen molar-refractivity contribution >= 4 is 23.4 Å². The zero-order valence-electron chi connectivity index (χ0n) is 14.7. The van der Waals surface area contributed by atoms with E-state index in [4.69, 9.17) is 16.3 Å². The van der Waals surface area contributed by atoms with E-state index in [2.05, 4.69) is 10.6 Å². The molecular weight excluding hydrogens is 352 g/mol. The van der Waals surface area contributed by atoms with Crippen molar-refractivity contribution in [2.45, 2.75) is 18.9 Å². The Hall–Kier alpha value is -2.37. The van der Waals surface area contributed by atoms with Crippen molar-refractivity contribution in [2.75, 3.05) is 20.3 Å². The highest BCUT2D eigenvalue weighted by Crippen LogP contribution is 2.20. The maximum absolute atomic E-state index is 12.6. The highest BCUT2D eigenvalue weighted by molar-refractivity contribution is 6.33. The summed E-state index contributed by atoms with van der Waals surface area (Å²) in [6.07, 6.45) is 0.886. The van der Waals surface area contributed by atoms with E-state index in [1.165, 1.54) is 0 Å². The molecule has 1 atom stereocenters. The summed E-state index contributed by atoms with van der Waals surface area (Å²) in [6.45, 7) is 1.12. The normalized spacial score (nSPS) is 11.6. The Bertz CT molecular complexity index is 722. The van der Waals surface area contributed by atoms with Gasteiger partial charge in [-0.3, -0.25) is 9.59 Å². The molecule has 0 aliphatic carbocycles. The zero-order valence-corrected chi connectivity index (χ0v) is 15.5. The molecule has 0 spiro atoms. The number of benzene rings is 2. The summed E-state index contributed by atoms with van der Waals surface area (Å²) in [6, 6.07) is 15.8. The topological polar surface area (TPSA) is 67.4 Å². The molecule has 0 saturated carbocycles. The second kappa shape index (κ2) is 10.6. The minimum Gasteiger partial charge on any atom is -0.385 e. The first-order valence-corrected chi connectivity index (χ1v) is 8.85. The number of hydrogen-bond donors (Lipinski definition) is 2. The van der Waals surface area contributed by atoms with Gasteiger partial charge in [0.25, 0.3) is 5.91 Å². The molecule has 2 aromatic carbocycles. The first-order chi connectivity index (χ1) is 12.6. The molecule has 0 bridgehead atoms. The van der Waals surface area contributed by atoms with Gasteiger partial charge in [0.1, 0.15) is 0 Å². The zero-order chi connectivity index (χ0) is 18.8. The van der Waals surface area contributed by atoms with Crippen LogP contribution in [0, 0.1) is 0 Å². The van der Waals surface area contributed by atoms with Crippen LogP contribution < -0.4 is 10.6 Å². The van der Waals surface area contributed by atoms with Crippen LogP contribution in [0.4, 0.5) is 0 Å². The maximum Gasteiger partial charge on any atom is 0.253 e. The molecule has 5 nitrogen and oxygen atoms in total. The fourth-order valence-electron chi connectivity index (χ4n) is 2.52. The van der Waals surface area contributed by atoms with Gasteiger partial charge in [-0.25, -0.2) is 0 Å². The van der Waals surface area contributed by atoms with Crippen molar-refractivity contribution < 1.29 is 14.3 Å². The highest BCUT2D eigenvalue weighted by atomic mass is 35.5. The van der Waals surface area contributed by atoms with Crippen LogP contribution in [0.25, 0.3) is 0 Å². The van der Waals surface area contributed by atoms with Crippen molar-refractivity contribution in [2.24, 2.45) is 0 Å². The number of carbonyl (C=O) groups is 2. The second-order valence-corrected chi connectivity index (χ2v) is 6.22. The fourth-order valence-corrected chi connectivity index (χ4v) is 2.74. The molecule has 26 heavy (non-hydrogen) atoms. The van der Waals surface area contributed by atoms with E-state index >= 15 is 0 Å². The molecule has 0 unspecified atom stereocenters. The summed E-state index contributed by atoms with van der Waals surface area (Å²) in [4.78, 5) is 24.8. The van der Waals surface area contributed by atoms with E-state index in [0.29, 0.717) is 23.7 Å². The molecule has 6 heteroatoms. The highest BCUT2D eigenvalue weighted by Gasteiger charge is 2.20. The lowest BCUT2D eigenvalue weighted by atomic mass is 10.0. The van der Waals surface area contributed by atoms with Gasteiger partial charge in [-0.2, -0.15) is 0 Å². The van der Waals surface area contributed by atoms with Crippen molar-refractivity contribution in [1.29, 1.82) is 0 Å². The lowest BCUT2D eigenvalue weighted by Crippen LogP contribution is -2.34. The van der Waals surface area contributed by atoms with E-state index in [0.717, 1.165) is 12.0 Å². The van der Waals surface area contributed by atoms with E-state index in [-0.39, 0.29) is 18.2 Å². The number of halogens is 1. The van der Waals surface area contributed by atoms with Crippen molar-refractivity contribution in [3.05, 3.63) is 70.7 Å². The van der Waals surface area contributed by atoms with Crippen LogP contribution in [0.5, 0.6) is 0 Å². The summed E-state index contributed by atoms with van der Waals surface area (Å²) in [5.41, 5.74) is 1.25. The van der Waals surface area contributed by atoms with Gasteiger partial charge in [0.2, 0.25) is 5.91 Å². The Morgan fingerprint density at radius 3 is 2.46 bits per heavy atom. The Morgan fingerprint density at radius 2 is 1.77 bits per heavy atom. The van der Waals surface area contributed by atoms with Crippen LogP contribution in [0.3, 0.4) is 0 Å². The number of hydrogen-bond acceptors (Lipinski definition) is 3. The Labute approximate surface area is 158 Å². The molecule has 2 amide bonds. The maximum atomic E-state index is 12.6. The minimum absolute atomic E-state index is 0.130. The Kier molecular flexibility index (Phi) is 8.12. The van der Waals surface area contributed by atoms with Gasteiger partial charge in [-0.05, 0) is 24.1 Å². The van der Waals surface area contributed by atoms with Crippen LogP contribution in [0.15, 0.2) is 54.6 Å². The van der Waals surface area contributed by atoms with Gasteiger partial charge < -0.3 is 15.4 Å². The third-order valence-electron chi connectivity index (χ3n) is 3.86. The molecule has 0 fully saturated rings. The molecule has 2 N–H and O–H groups in total. The lowest BCUT2D eigenvalue weighted by Gasteiger charge is -2.19. The van der Waals surface area contributed by atoms with Crippen molar-refractivity contribution in [3.8, 4) is 0 Å². The van der Waals surface area contributed by atoms with E-state index in [9.17, 15) is 9.59 Å². The molecule has 0 aromatic heterocycles. The largest absolute Gasteiger partial charge is 0.385 e. The standard InChI is InChI=1S/C20H23ClN2O3/c1-26-13-7-12-22-19(24)14-18(15-8-3-2-4-9-15)23-20(25)16-10-5-6-11-17(16)21/h2-6,8-11,18H,7,12-14H2,1H3,(H,22,24)(H,23,25)/t18-/m1/s1. The number of methoxy groups -OCH3 is 1. The number of carbonyl (C=O) groups excluding carboxylic acids is 2. The third-order valence-corrected chi connectivity index (χ3v) is 4.19. The van der Waals surface area contributed by atoms with Gasteiger partial charge in [0.15, 0.2) is 0 Å².